The lowest BCUT2D eigenvalue weighted by Gasteiger charge is -2.26. The summed E-state index contributed by atoms with van der Waals surface area (Å²) in [6.45, 7) is 9.11. The number of esters is 1. The van der Waals surface area contributed by atoms with Gasteiger partial charge in [-0.1, -0.05) is 60.7 Å². The molecule has 0 saturated carbocycles. The third-order valence-electron chi connectivity index (χ3n) is 9.08. The van der Waals surface area contributed by atoms with Gasteiger partial charge >= 0.3 is 5.97 Å². The zero-order valence-electron chi connectivity index (χ0n) is 31.8. The lowest BCUT2D eigenvalue weighted by Crippen LogP contribution is -2.56. The highest BCUT2D eigenvalue weighted by molar-refractivity contribution is 6.11. The van der Waals surface area contributed by atoms with Gasteiger partial charge in [-0.05, 0) is 70.5 Å². The first-order chi connectivity index (χ1) is 26.5. The van der Waals surface area contributed by atoms with Gasteiger partial charge < -0.3 is 41.6 Å². The summed E-state index contributed by atoms with van der Waals surface area (Å²) < 4.78 is 17.2. The number of methoxy groups -OCH3 is 3. The number of amides is 3. The van der Waals surface area contributed by atoms with Crippen LogP contribution in [0.3, 0.4) is 0 Å². The minimum absolute atomic E-state index is 0.0113. The summed E-state index contributed by atoms with van der Waals surface area (Å²) in [5, 5.41) is 11.9. The smallest absolute Gasteiger partial charge is 0.328 e. The highest BCUT2D eigenvalue weighted by atomic mass is 16.5. The van der Waals surface area contributed by atoms with Gasteiger partial charge in [0.1, 0.15) is 29.6 Å². The summed E-state index contributed by atoms with van der Waals surface area (Å²) in [7, 11) is 4.40. The van der Waals surface area contributed by atoms with Crippen molar-refractivity contribution in [2.45, 2.75) is 57.2 Å². The fourth-order valence-corrected chi connectivity index (χ4v) is 6.71. The number of guanidine groups is 1. The maximum Gasteiger partial charge on any atom is 0.328 e. The Balaban J connectivity index is 1.84. The molecule has 0 aliphatic carbocycles. The second-order valence-electron chi connectivity index (χ2n) is 12.9. The highest BCUT2D eigenvalue weighted by Crippen LogP contribution is 2.48. The molecule has 3 atom stereocenters. The van der Waals surface area contributed by atoms with Crippen molar-refractivity contribution >= 4 is 51.2 Å². The number of nitrogens with two attached hydrogens (primary N) is 2. The van der Waals surface area contributed by atoms with Crippen LogP contribution in [0, 0.1) is 0 Å². The van der Waals surface area contributed by atoms with Crippen LogP contribution in [-0.2, 0) is 36.8 Å². The van der Waals surface area contributed by atoms with Gasteiger partial charge in [0.2, 0.25) is 17.7 Å². The van der Waals surface area contributed by atoms with E-state index in [1.807, 2.05) is 60.7 Å². The Morgan fingerprint density at radius 1 is 0.764 bits per heavy atom. The first kappa shape index (κ1) is 41.4. The van der Waals surface area contributed by atoms with E-state index in [9.17, 15) is 19.2 Å². The van der Waals surface area contributed by atoms with Gasteiger partial charge in [-0.25, -0.2) is 4.79 Å². The molecule has 55 heavy (non-hydrogen) atoms. The van der Waals surface area contributed by atoms with E-state index in [4.69, 9.17) is 25.7 Å². The second kappa shape index (κ2) is 19.6. The first-order valence-electron chi connectivity index (χ1n) is 17.9. The Hall–Kier alpha value is -6.37. The maximum absolute atomic E-state index is 14.2. The largest absolute Gasteiger partial charge is 0.496 e. The molecule has 0 spiro atoms. The molecular weight excluding hydrogens is 700 g/mol. The fourth-order valence-electron chi connectivity index (χ4n) is 6.71. The molecule has 4 aromatic carbocycles. The molecule has 3 amide bonds. The Morgan fingerprint density at radius 2 is 1.31 bits per heavy atom. The number of benzene rings is 4. The summed E-state index contributed by atoms with van der Waals surface area (Å²) in [6.07, 6.45) is 4.36. The number of rotatable bonds is 19. The van der Waals surface area contributed by atoms with Gasteiger partial charge in [-0.15, -0.1) is 13.2 Å². The molecule has 0 aliphatic heterocycles. The number of hydrogen-bond donors (Lipinski definition) is 5. The summed E-state index contributed by atoms with van der Waals surface area (Å²) in [6, 6.07) is 16.5. The Bertz CT molecular complexity index is 2090. The van der Waals surface area contributed by atoms with Crippen molar-refractivity contribution in [3.63, 3.8) is 0 Å². The summed E-state index contributed by atoms with van der Waals surface area (Å²) in [5.41, 5.74) is 14.1. The summed E-state index contributed by atoms with van der Waals surface area (Å²) in [4.78, 5) is 56.8. The zero-order chi connectivity index (χ0) is 40.1. The standard InChI is InChI=1S/C42H50N6O7/c1-7-14-28-22-26-16-9-11-18-30(26)35(37(28)53-4)36-31-19-12-10-17-27(31)23-29(38(36)54-5)24-34(46-25(3)49)40(51)47-32(20-13-21-45-42(43)44)39(50)48-33(15-8-2)41(52)55-6/h7-12,16-19,22-23,32-34H,1-2,13-15,20-21,24H2,3-6H3,(H,46,49)(H,47,51)(H,48,50)(H4,43,44,45)/t32-,33-,34?/m0/s1. The van der Waals surface area contributed by atoms with Crippen molar-refractivity contribution in [3.05, 3.63) is 97.1 Å². The SMILES string of the molecule is C=CCc1cc2ccccc2c(-c2c(OC)c(CC(NC(C)=O)C(=O)N[C@@H](CCCN=C(N)N)C(=O)N[C@@H](CC=C)C(=O)OC)cc3ccccc23)c1OC. The van der Waals surface area contributed by atoms with Crippen molar-refractivity contribution in [2.75, 3.05) is 27.9 Å². The van der Waals surface area contributed by atoms with Crippen LogP contribution < -0.4 is 36.9 Å². The minimum atomic E-state index is -1.15. The minimum Gasteiger partial charge on any atom is -0.496 e. The molecule has 0 heterocycles. The molecule has 0 aromatic heterocycles. The number of ether oxygens (including phenoxy) is 3. The monoisotopic (exact) mass is 750 g/mol. The van der Waals surface area contributed by atoms with Gasteiger partial charge in [-0.2, -0.15) is 0 Å². The van der Waals surface area contributed by atoms with Gasteiger partial charge in [-0.3, -0.25) is 19.4 Å². The van der Waals surface area contributed by atoms with Gasteiger partial charge in [0, 0.05) is 31.0 Å². The summed E-state index contributed by atoms with van der Waals surface area (Å²) in [5.74, 6) is -1.38. The predicted octanol–water partition coefficient (Wildman–Crippen LogP) is 4.23. The van der Waals surface area contributed by atoms with E-state index < -0.39 is 41.8 Å². The molecule has 7 N–H and O–H groups in total. The quantitative estimate of drug-likeness (QED) is 0.0306. The van der Waals surface area contributed by atoms with Crippen molar-refractivity contribution < 1.29 is 33.4 Å². The van der Waals surface area contributed by atoms with Crippen LogP contribution in [0.2, 0.25) is 0 Å². The molecule has 290 valence electrons. The highest BCUT2D eigenvalue weighted by Gasteiger charge is 2.31. The number of carbonyl (C=O) groups is 4. The fraction of sp³-hybridized carbons (Fsp3) is 0.310. The second-order valence-corrected chi connectivity index (χ2v) is 12.9. The zero-order valence-corrected chi connectivity index (χ0v) is 31.8. The van der Waals surface area contributed by atoms with E-state index in [1.54, 1.807) is 14.2 Å². The van der Waals surface area contributed by atoms with Crippen molar-refractivity contribution in [3.8, 4) is 22.6 Å². The molecule has 4 rings (SSSR count). The lowest BCUT2D eigenvalue weighted by molar-refractivity contribution is -0.145. The topological polar surface area (TPSA) is 196 Å². The van der Waals surface area contributed by atoms with Crippen molar-refractivity contribution in [2.24, 2.45) is 16.5 Å². The van der Waals surface area contributed by atoms with Crippen LogP contribution in [-0.4, -0.2) is 75.7 Å². The molecule has 0 radical (unpaired) electrons. The van der Waals surface area contributed by atoms with Crippen LogP contribution in [0.4, 0.5) is 0 Å². The van der Waals surface area contributed by atoms with Crippen LogP contribution in [0.5, 0.6) is 11.5 Å². The molecule has 0 saturated heterocycles. The molecular formula is C42H50N6O7. The number of nitrogens with one attached hydrogen (secondary N) is 3. The van der Waals surface area contributed by atoms with E-state index in [2.05, 4.69) is 40.2 Å². The first-order valence-corrected chi connectivity index (χ1v) is 17.9. The van der Waals surface area contributed by atoms with Gasteiger partial charge in [0.15, 0.2) is 5.96 Å². The third-order valence-corrected chi connectivity index (χ3v) is 9.08. The number of allylic oxidation sites excluding steroid dienone is 1. The molecule has 0 fully saturated rings. The van der Waals surface area contributed by atoms with E-state index >= 15 is 0 Å². The van der Waals surface area contributed by atoms with Gasteiger partial charge in [0.05, 0.1) is 21.3 Å². The average molecular weight is 751 g/mol. The molecule has 1 unspecified atom stereocenters. The van der Waals surface area contributed by atoms with Crippen molar-refractivity contribution in [1.29, 1.82) is 0 Å². The van der Waals surface area contributed by atoms with E-state index in [1.165, 1.54) is 20.1 Å². The molecule has 0 aliphatic rings. The number of hydrogen-bond acceptors (Lipinski definition) is 8. The number of carbonyl (C=O) groups excluding carboxylic acids is 4. The third kappa shape index (κ3) is 10.2. The molecule has 4 aromatic rings. The van der Waals surface area contributed by atoms with Gasteiger partial charge in [0.25, 0.3) is 0 Å². The Kier molecular flexibility index (Phi) is 14.8. The average Bonchev–Trinajstić information content (AvgIpc) is 3.16. The normalized spacial score (nSPS) is 12.4. The summed E-state index contributed by atoms with van der Waals surface area (Å²) >= 11 is 0. The Labute approximate surface area is 321 Å². The number of aliphatic imine (C=N–C) groups is 1. The van der Waals surface area contributed by atoms with E-state index in [0.717, 1.165) is 38.2 Å². The van der Waals surface area contributed by atoms with E-state index in [-0.39, 0.29) is 31.8 Å². The van der Waals surface area contributed by atoms with Crippen molar-refractivity contribution in [1.82, 2.24) is 16.0 Å². The molecule has 13 nitrogen and oxygen atoms in total. The maximum atomic E-state index is 14.2. The van der Waals surface area contributed by atoms with Crippen LogP contribution in [0.25, 0.3) is 32.7 Å². The lowest BCUT2D eigenvalue weighted by atomic mass is 9.87. The molecule has 13 heteroatoms. The van der Waals surface area contributed by atoms with E-state index in [0.29, 0.717) is 29.9 Å². The molecule has 0 bridgehead atoms. The number of nitrogens with zero attached hydrogens (tertiary/aromatic N) is 1. The van der Waals surface area contributed by atoms with Crippen LogP contribution >= 0.6 is 0 Å². The Morgan fingerprint density at radius 3 is 1.84 bits per heavy atom. The number of fused-ring (bicyclic) bond motifs is 2. The van der Waals surface area contributed by atoms with Crippen LogP contribution in [0.1, 0.15) is 37.3 Å². The predicted molar refractivity (Wildman–Crippen MR) is 216 cm³/mol. The van der Waals surface area contributed by atoms with Crippen LogP contribution in [0.15, 0.2) is 91.0 Å².